The Labute approximate surface area is 181 Å². The number of carbonyl (C=O) groups is 2. The number of ether oxygens (including phenoxy) is 1. The van der Waals surface area contributed by atoms with E-state index in [-0.39, 0.29) is 16.8 Å². The van der Waals surface area contributed by atoms with Crippen LogP contribution in [-0.2, 0) is 0 Å². The van der Waals surface area contributed by atoms with Crippen LogP contribution in [0.15, 0.2) is 42.6 Å². The van der Waals surface area contributed by atoms with Crippen molar-refractivity contribution >= 4 is 29.1 Å². The van der Waals surface area contributed by atoms with E-state index in [9.17, 15) is 19.7 Å². The first-order chi connectivity index (χ1) is 14.7. The summed E-state index contributed by atoms with van der Waals surface area (Å²) in [5.41, 5.74) is 6.04. The lowest BCUT2D eigenvalue weighted by Crippen LogP contribution is -2.41. The topological polar surface area (TPSA) is 128 Å². The molecule has 0 aliphatic rings. The number of aromatic nitrogens is 2. The molecular weight excluding hydrogens is 426 g/mol. The Hall–Kier alpha value is -3.92. The molecule has 2 amide bonds. The molecule has 0 spiro atoms. The summed E-state index contributed by atoms with van der Waals surface area (Å²) >= 11 is 6.06. The molecule has 0 aliphatic heterocycles. The molecule has 0 unspecified atom stereocenters. The van der Waals surface area contributed by atoms with Crippen molar-refractivity contribution in [1.29, 1.82) is 0 Å². The average Bonchev–Trinajstić information content (AvgIpc) is 3.13. The van der Waals surface area contributed by atoms with Crippen LogP contribution in [0.1, 0.15) is 32.0 Å². The molecular formula is C20H18ClN5O5. The van der Waals surface area contributed by atoms with Crippen LogP contribution in [0.2, 0.25) is 5.02 Å². The van der Waals surface area contributed by atoms with Crippen molar-refractivity contribution < 1.29 is 19.2 Å². The number of nitrogens with one attached hydrogen (secondary N) is 2. The van der Waals surface area contributed by atoms with Gasteiger partial charge in [-0.3, -0.25) is 30.6 Å². The summed E-state index contributed by atoms with van der Waals surface area (Å²) in [5, 5.41) is 15.7. The molecule has 0 aliphatic carbocycles. The molecule has 0 saturated heterocycles. The predicted molar refractivity (Wildman–Crippen MR) is 113 cm³/mol. The molecule has 1 aromatic heterocycles. The summed E-state index contributed by atoms with van der Waals surface area (Å²) in [7, 11) is 1.50. The number of hydrazine groups is 1. The summed E-state index contributed by atoms with van der Waals surface area (Å²) in [6.45, 7) is 3.24. The molecule has 0 atom stereocenters. The number of methoxy groups -OCH3 is 1. The van der Waals surface area contributed by atoms with Gasteiger partial charge in [0, 0.05) is 22.2 Å². The Morgan fingerprint density at radius 1 is 1.13 bits per heavy atom. The largest absolute Gasteiger partial charge is 0.494 e. The molecule has 160 valence electrons. The molecule has 0 radical (unpaired) electrons. The van der Waals surface area contributed by atoms with Gasteiger partial charge in [-0.25, -0.2) is 4.68 Å². The molecule has 1 heterocycles. The van der Waals surface area contributed by atoms with Crippen molar-refractivity contribution in [2.24, 2.45) is 0 Å². The standard InChI is InChI=1S/C20H18ClN5O5/c1-11-4-5-13(8-16(11)26(29)30)19(27)23-24-20(28)15-10-22-25(12(15)2)17-9-14(21)6-7-18(17)31-3/h4-10H,1-3H3,(H,23,27)(H,24,28). The molecule has 10 nitrogen and oxygen atoms in total. The summed E-state index contributed by atoms with van der Waals surface area (Å²) in [5.74, 6) is -0.797. The van der Waals surface area contributed by atoms with E-state index >= 15 is 0 Å². The van der Waals surface area contributed by atoms with Gasteiger partial charge >= 0.3 is 0 Å². The van der Waals surface area contributed by atoms with Crippen LogP contribution < -0.4 is 15.6 Å². The van der Waals surface area contributed by atoms with Gasteiger partial charge < -0.3 is 4.74 Å². The van der Waals surface area contributed by atoms with E-state index < -0.39 is 16.7 Å². The summed E-state index contributed by atoms with van der Waals surface area (Å²) in [6.07, 6.45) is 1.34. The maximum atomic E-state index is 12.6. The van der Waals surface area contributed by atoms with Gasteiger partial charge in [0.15, 0.2) is 0 Å². The fourth-order valence-electron chi connectivity index (χ4n) is 2.90. The minimum atomic E-state index is -0.696. The number of halogens is 1. The first-order valence-electron chi connectivity index (χ1n) is 8.97. The van der Waals surface area contributed by atoms with Crippen molar-refractivity contribution in [3.63, 3.8) is 0 Å². The van der Waals surface area contributed by atoms with E-state index in [2.05, 4.69) is 16.0 Å². The highest BCUT2D eigenvalue weighted by Crippen LogP contribution is 2.27. The second kappa shape index (κ2) is 8.84. The Balaban J connectivity index is 1.77. The maximum Gasteiger partial charge on any atom is 0.273 e. The van der Waals surface area contributed by atoms with E-state index in [0.29, 0.717) is 27.7 Å². The van der Waals surface area contributed by atoms with Crippen molar-refractivity contribution in [2.75, 3.05) is 7.11 Å². The molecule has 0 saturated carbocycles. The number of hydrogen-bond donors (Lipinski definition) is 2. The lowest BCUT2D eigenvalue weighted by Gasteiger charge is -2.11. The average molecular weight is 444 g/mol. The highest BCUT2D eigenvalue weighted by molar-refractivity contribution is 6.30. The number of aryl methyl sites for hydroxylation is 1. The zero-order valence-corrected chi connectivity index (χ0v) is 17.6. The Bertz CT molecular complexity index is 1190. The second-order valence-electron chi connectivity index (χ2n) is 6.54. The van der Waals surface area contributed by atoms with E-state index in [4.69, 9.17) is 16.3 Å². The van der Waals surface area contributed by atoms with Gasteiger partial charge in [0.05, 0.1) is 29.5 Å². The molecule has 0 bridgehead atoms. The maximum absolute atomic E-state index is 12.6. The Morgan fingerprint density at radius 3 is 2.52 bits per heavy atom. The number of nitrogens with zero attached hydrogens (tertiary/aromatic N) is 3. The van der Waals surface area contributed by atoms with E-state index in [0.717, 1.165) is 6.07 Å². The van der Waals surface area contributed by atoms with E-state index in [1.54, 1.807) is 32.0 Å². The van der Waals surface area contributed by atoms with Crippen LogP contribution in [0.25, 0.3) is 5.69 Å². The third-order valence-corrected chi connectivity index (χ3v) is 4.82. The quantitative estimate of drug-likeness (QED) is 0.460. The number of hydrogen-bond acceptors (Lipinski definition) is 6. The van der Waals surface area contributed by atoms with Crippen LogP contribution in [0, 0.1) is 24.0 Å². The molecule has 3 aromatic rings. The van der Waals surface area contributed by atoms with Gasteiger partial charge in [0.25, 0.3) is 17.5 Å². The fraction of sp³-hybridized carbons (Fsp3) is 0.150. The number of benzene rings is 2. The van der Waals surface area contributed by atoms with Crippen molar-refractivity contribution in [3.05, 3.63) is 80.1 Å². The molecule has 2 aromatic carbocycles. The molecule has 0 fully saturated rings. The summed E-state index contributed by atoms with van der Waals surface area (Å²) < 4.78 is 6.81. The highest BCUT2D eigenvalue weighted by atomic mass is 35.5. The van der Waals surface area contributed by atoms with Crippen LogP contribution in [0.5, 0.6) is 5.75 Å². The number of rotatable bonds is 5. The van der Waals surface area contributed by atoms with Crippen molar-refractivity contribution in [3.8, 4) is 11.4 Å². The zero-order valence-electron chi connectivity index (χ0n) is 16.8. The zero-order chi connectivity index (χ0) is 22.7. The summed E-state index contributed by atoms with van der Waals surface area (Å²) in [6, 6.07) is 9.03. The van der Waals surface area contributed by atoms with Crippen LogP contribution >= 0.6 is 11.6 Å². The third-order valence-electron chi connectivity index (χ3n) is 4.58. The van der Waals surface area contributed by atoms with E-state index in [1.165, 1.54) is 30.1 Å². The predicted octanol–water partition coefficient (Wildman–Crippen LogP) is 3.13. The van der Waals surface area contributed by atoms with Gasteiger partial charge in [0.2, 0.25) is 0 Å². The van der Waals surface area contributed by atoms with Crippen molar-refractivity contribution in [2.45, 2.75) is 13.8 Å². The molecule has 3 rings (SSSR count). The number of carbonyl (C=O) groups excluding carboxylic acids is 2. The lowest BCUT2D eigenvalue weighted by molar-refractivity contribution is -0.385. The summed E-state index contributed by atoms with van der Waals surface area (Å²) in [4.78, 5) is 35.3. The minimum absolute atomic E-state index is 0.0358. The number of amides is 2. The van der Waals surface area contributed by atoms with Crippen LogP contribution in [0.4, 0.5) is 5.69 Å². The monoisotopic (exact) mass is 443 g/mol. The first kappa shape index (κ1) is 21.8. The Morgan fingerprint density at radius 2 is 1.84 bits per heavy atom. The second-order valence-corrected chi connectivity index (χ2v) is 6.97. The minimum Gasteiger partial charge on any atom is -0.494 e. The van der Waals surface area contributed by atoms with Crippen LogP contribution in [0.3, 0.4) is 0 Å². The van der Waals surface area contributed by atoms with Crippen LogP contribution in [-0.4, -0.2) is 33.6 Å². The first-order valence-corrected chi connectivity index (χ1v) is 9.35. The Kier molecular flexibility index (Phi) is 6.21. The van der Waals surface area contributed by atoms with Gasteiger partial charge in [-0.2, -0.15) is 5.10 Å². The van der Waals surface area contributed by atoms with Crippen molar-refractivity contribution in [1.82, 2.24) is 20.6 Å². The third kappa shape index (κ3) is 4.48. The smallest absolute Gasteiger partial charge is 0.273 e. The fourth-order valence-corrected chi connectivity index (χ4v) is 3.07. The SMILES string of the molecule is COc1ccc(Cl)cc1-n1ncc(C(=O)NNC(=O)c2ccc(C)c([N+](=O)[O-])c2)c1C. The molecule has 11 heteroatoms. The van der Waals surface area contributed by atoms with Gasteiger partial charge in [0.1, 0.15) is 11.4 Å². The number of nitro groups is 1. The normalized spacial score (nSPS) is 10.5. The van der Waals surface area contributed by atoms with Gasteiger partial charge in [-0.1, -0.05) is 17.7 Å². The number of nitro benzene ring substituents is 1. The highest BCUT2D eigenvalue weighted by Gasteiger charge is 2.19. The van der Waals surface area contributed by atoms with Gasteiger partial charge in [-0.15, -0.1) is 0 Å². The van der Waals surface area contributed by atoms with E-state index in [1.807, 2.05) is 0 Å². The molecule has 31 heavy (non-hydrogen) atoms. The lowest BCUT2D eigenvalue weighted by atomic mass is 10.1. The molecule has 2 N–H and O–H groups in total. The van der Waals surface area contributed by atoms with Gasteiger partial charge in [-0.05, 0) is 38.1 Å².